The first-order valence-corrected chi connectivity index (χ1v) is 7.81. The molecule has 0 unspecified atom stereocenters. The average molecular weight is 308 g/mol. The SMILES string of the molecule is CCN1C(=O)Cc2cc(NC(=O)c3cc(C)cc(C)c3)ccc21. The van der Waals surface area contributed by atoms with Gasteiger partial charge in [0.25, 0.3) is 5.91 Å². The summed E-state index contributed by atoms with van der Waals surface area (Å²) in [6.07, 6.45) is 0.399. The Bertz CT molecular complexity index is 776. The molecule has 2 amide bonds. The molecule has 0 bridgehead atoms. The molecule has 2 aromatic carbocycles. The second-order valence-electron chi connectivity index (χ2n) is 5.99. The van der Waals surface area contributed by atoms with Crippen LogP contribution in [0.1, 0.15) is 34.0 Å². The minimum Gasteiger partial charge on any atom is -0.322 e. The van der Waals surface area contributed by atoms with Gasteiger partial charge in [0.05, 0.1) is 6.42 Å². The Hall–Kier alpha value is -2.62. The van der Waals surface area contributed by atoms with Gasteiger partial charge >= 0.3 is 0 Å². The normalized spacial score (nSPS) is 13.2. The summed E-state index contributed by atoms with van der Waals surface area (Å²) in [5.74, 6) is -0.0197. The molecular weight excluding hydrogens is 288 g/mol. The highest BCUT2D eigenvalue weighted by molar-refractivity contribution is 6.06. The van der Waals surface area contributed by atoms with Crippen LogP contribution in [0.15, 0.2) is 36.4 Å². The Morgan fingerprint density at radius 3 is 2.48 bits per heavy atom. The fourth-order valence-corrected chi connectivity index (χ4v) is 3.12. The molecule has 0 fully saturated rings. The lowest BCUT2D eigenvalue weighted by Gasteiger charge is -2.15. The number of aryl methyl sites for hydroxylation is 2. The van der Waals surface area contributed by atoms with Crippen LogP contribution in [0.25, 0.3) is 0 Å². The monoisotopic (exact) mass is 308 g/mol. The van der Waals surface area contributed by atoms with E-state index in [4.69, 9.17) is 0 Å². The van der Waals surface area contributed by atoms with E-state index in [1.807, 2.05) is 57.2 Å². The average Bonchev–Trinajstić information content (AvgIpc) is 2.80. The fraction of sp³-hybridized carbons (Fsp3) is 0.263. The Morgan fingerprint density at radius 1 is 1.13 bits per heavy atom. The van der Waals surface area contributed by atoms with Crippen LogP contribution in [0.5, 0.6) is 0 Å². The zero-order chi connectivity index (χ0) is 16.6. The van der Waals surface area contributed by atoms with Gasteiger partial charge in [-0.1, -0.05) is 17.2 Å². The van der Waals surface area contributed by atoms with E-state index in [1.54, 1.807) is 4.90 Å². The van der Waals surface area contributed by atoms with Gasteiger partial charge in [0, 0.05) is 23.5 Å². The van der Waals surface area contributed by atoms with E-state index in [9.17, 15) is 9.59 Å². The molecule has 1 aliphatic rings. The molecule has 23 heavy (non-hydrogen) atoms. The van der Waals surface area contributed by atoms with Crippen molar-refractivity contribution in [2.75, 3.05) is 16.8 Å². The Morgan fingerprint density at radius 2 is 1.83 bits per heavy atom. The second-order valence-corrected chi connectivity index (χ2v) is 5.99. The van der Waals surface area contributed by atoms with Crippen molar-refractivity contribution in [3.05, 3.63) is 58.7 Å². The van der Waals surface area contributed by atoms with E-state index in [0.29, 0.717) is 18.5 Å². The third-order valence-corrected chi connectivity index (χ3v) is 4.07. The van der Waals surface area contributed by atoms with Gasteiger partial charge in [-0.05, 0) is 56.7 Å². The highest BCUT2D eigenvalue weighted by Gasteiger charge is 2.26. The molecule has 0 spiro atoms. The number of carbonyl (C=O) groups is 2. The molecule has 0 saturated carbocycles. The lowest BCUT2D eigenvalue weighted by Crippen LogP contribution is -2.25. The van der Waals surface area contributed by atoms with E-state index in [0.717, 1.165) is 28.1 Å². The van der Waals surface area contributed by atoms with Crippen LogP contribution in [-0.4, -0.2) is 18.4 Å². The predicted molar refractivity (Wildman–Crippen MR) is 92.0 cm³/mol. The molecule has 1 heterocycles. The van der Waals surface area contributed by atoms with Gasteiger partial charge in [0.15, 0.2) is 0 Å². The lowest BCUT2D eigenvalue weighted by atomic mass is 10.1. The van der Waals surface area contributed by atoms with Gasteiger partial charge in [0.2, 0.25) is 5.91 Å². The molecule has 0 aromatic heterocycles. The highest BCUT2D eigenvalue weighted by Crippen LogP contribution is 2.31. The van der Waals surface area contributed by atoms with E-state index >= 15 is 0 Å². The van der Waals surface area contributed by atoms with Gasteiger partial charge in [-0.15, -0.1) is 0 Å². The van der Waals surface area contributed by atoms with Crippen LogP contribution in [0, 0.1) is 13.8 Å². The molecule has 0 radical (unpaired) electrons. The van der Waals surface area contributed by atoms with Crippen molar-refractivity contribution in [2.45, 2.75) is 27.2 Å². The van der Waals surface area contributed by atoms with Crippen molar-refractivity contribution in [3.8, 4) is 0 Å². The topological polar surface area (TPSA) is 49.4 Å². The maximum atomic E-state index is 12.4. The highest BCUT2D eigenvalue weighted by atomic mass is 16.2. The molecule has 1 aliphatic heterocycles. The molecule has 0 atom stereocenters. The summed E-state index contributed by atoms with van der Waals surface area (Å²) in [5, 5.41) is 2.92. The minimum atomic E-state index is -0.131. The molecule has 3 rings (SSSR count). The van der Waals surface area contributed by atoms with Gasteiger partial charge in [0.1, 0.15) is 0 Å². The number of fused-ring (bicyclic) bond motifs is 1. The van der Waals surface area contributed by atoms with Gasteiger partial charge in [-0.25, -0.2) is 0 Å². The molecule has 1 N–H and O–H groups in total. The first-order valence-electron chi connectivity index (χ1n) is 7.81. The number of rotatable bonds is 3. The quantitative estimate of drug-likeness (QED) is 0.944. The predicted octanol–water partition coefficient (Wildman–Crippen LogP) is 3.46. The minimum absolute atomic E-state index is 0.111. The number of hydrogen-bond acceptors (Lipinski definition) is 2. The number of nitrogens with zero attached hydrogens (tertiary/aromatic N) is 1. The number of anilines is 2. The maximum absolute atomic E-state index is 12.4. The van der Waals surface area contributed by atoms with Crippen molar-refractivity contribution >= 4 is 23.2 Å². The largest absolute Gasteiger partial charge is 0.322 e. The van der Waals surface area contributed by atoms with E-state index in [2.05, 4.69) is 5.32 Å². The number of hydrogen-bond donors (Lipinski definition) is 1. The van der Waals surface area contributed by atoms with Crippen molar-refractivity contribution in [1.82, 2.24) is 0 Å². The van der Waals surface area contributed by atoms with E-state index < -0.39 is 0 Å². The van der Waals surface area contributed by atoms with Crippen LogP contribution in [0.3, 0.4) is 0 Å². The number of likely N-dealkylation sites (N-methyl/N-ethyl adjacent to an activating group) is 1. The summed E-state index contributed by atoms with van der Waals surface area (Å²) in [5.41, 5.74) is 5.41. The van der Waals surface area contributed by atoms with Gasteiger partial charge in [-0.2, -0.15) is 0 Å². The summed E-state index contributed by atoms with van der Waals surface area (Å²) in [4.78, 5) is 26.1. The van der Waals surface area contributed by atoms with E-state index in [-0.39, 0.29) is 11.8 Å². The fourth-order valence-electron chi connectivity index (χ4n) is 3.12. The molecular formula is C19H20N2O2. The third-order valence-electron chi connectivity index (χ3n) is 4.07. The standard InChI is InChI=1S/C19H20N2O2/c1-4-21-17-6-5-16(10-14(17)11-18(21)22)20-19(23)15-8-12(2)7-13(3)9-15/h5-10H,4,11H2,1-3H3,(H,20,23). The lowest BCUT2D eigenvalue weighted by molar-refractivity contribution is -0.117. The number of benzene rings is 2. The smallest absolute Gasteiger partial charge is 0.255 e. The third kappa shape index (κ3) is 2.97. The second kappa shape index (κ2) is 5.88. The molecule has 118 valence electrons. The summed E-state index contributed by atoms with van der Waals surface area (Å²) < 4.78 is 0. The summed E-state index contributed by atoms with van der Waals surface area (Å²) in [6.45, 7) is 6.58. The number of amides is 2. The number of carbonyl (C=O) groups excluding carboxylic acids is 2. The zero-order valence-electron chi connectivity index (χ0n) is 13.6. The Balaban J connectivity index is 1.83. The van der Waals surface area contributed by atoms with Crippen molar-refractivity contribution in [2.24, 2.45) is 0 Å². The summed E-state index contributed by atoms with van der Waals surface area (Å²) >= 11 is 0. The molecule has 2 aromatic rings. The Kier molecular flexibility index (Phi) is 3.90. The van der Waals surface area contributed by atoms with Crippen LogP contribution >= 0.6 is 0 Å². The summed E-state index contributed by atoms with van der Waals surface area (Å²) in [7, 11) is 0. The molecule has 4 nitrogen and oxygen atoms in total. The van der Waals surface area contributed by atoms with E-state index in [1.165, 1.54) is 0 Å². The first-order chi connectivity index (χ1) is 11.0. The van der Waals surface area contributed by atoms with Crippen LogP contribution in [-0.2, 0) is 11.2 Å². The van der Waals surface area contributed by atoms with Gasteiger partial charge < -0.3 is 10.2 Å². The van der Waals surface area contributed by atoms with Crippen LogP contribution < -0.4 is 10.2 Å². The molecule has 0 saturated heterocycles. The molecule has 0 aliphatic carbocycles. The van der Waals surface area contributed by atoms with Crippen molar-refractivity contribution in [1.29, 1.82) is 0 Å². The number of nitrogens with one attached hydrogen (secondary N) is 1. The maximum Gasteiger partial charge on any atom is 0.255 e. The van der Waals surface area contributed by atoms with Crippen LogP contribution in [0.2, 0.25) is 0 Å². The van der Waals surface area contributed by atoms with Crippen molar-refractivity contribution in [3.63, 3.8) is 0 Å². The van der Waals surface area contributed by atoms with Crippen LogP contribution in [0.4, 0.5) is 11.4 Å². The van der Waals surface area contributed by atoms with Crippen molar-refractivity contribution < 1.29 is 9.59 Å². The zero-order valence-corrected chi connectivity index (χ0v) is 13.6. The molecule has 4 heteroatoms. The Labute approximate surface area is 136 Å². The first kappa shape index (κ1) is 15.3. The summed E-state index contributed by atoms with van der Waals surface area (Å²) in [6, 6.07) is 11.4. The van der Waals surface area contributed by atoms with Gasteiger partial charge in [-0.3, -0.25) is 9.59 Å².